The van der Waals surface area contributed by atoms with Gasteiger partial charge in [0.25, 0.3) is 0 Å². The van der Waals surface area contributed by atoms with Crippen LogP contribution in [0.3, 0.4) is 0 Å². The topological polar surface area (TPSA) is 67.4 Å². The SMILES string of the molecule is CCCN(CC1CC1)C(=O)Nc1cc(OC)ncn1. The molecule has 1 saturated carbocycles. The Morgan fingerprint density at radius 3 is 2.95 bits per heavy atom. The second kappa shape index (κ2) is 6.36. The van der Waals surface area contributed by atoms with E-state index in [4.69, 9.17) is 4.74 Å². The highest BCUT2D eigenvalue weighted by molar-refractivity contribution is 5.88. The monoisotopic (exact) mass is 264 g/mol. The lowest BCUT2D eigenvalue weighted by atomic mass is 10.3. The molecule has 19 heavy (non-hydrogen) atoms. The van der Waals surface area contributed by atoms with Crippen LogP contribution in [0.1, 0.15) is 26.2 Å². The van der Waals surface area contributed by atoms with Crippen molar-refractivity contribution in [2.45, 2.75) is 26.2 Å². The Hall–Kier alpha value is -1.85. The van der Waals surface area contributed by atoms with Gasteiger partial charge in [0.1, 0.15) is 12.1 Å². The number of carbonyl (C=O) groups is 1. The molecule has 1 fully saturated rings. The Kier molecular flexibility index (Phi) is 4.54. The van der Waals surface area contributed by atoms with Crippen LogP contribution in [0.4, 0.5) is 10.6 Å². The van der Waals surface area contributed by atoms with Crippen LogP contribution < -0.4 is 10.1 Å². The van der Waals surface area contributed by atoms with Crippen LogP contribution in [0.15, 0.2) is 12.4 Å². The second-order valence-corrected chi connectivity index (χ2v) is 4.77. The van der Waals surface area contributed by atoms with Gasteiger partial charge in [0.05, 0.1) is 7.11 Å². The van der Waals surface area contributed by atoms with Gasteiger partial charge in [-0.25, -0.2) is 14.8 Å². The van der Waals surface area contributed by atoms with Crippen LogP contribution in [0.25, 0.3) is 0 Å². The van der Waals surface area contributed by atoms with Crippen LogP contribution >= 0.6 is 0 Å². The van der Waals surface area contributed by atoms with Crippen molar-refractivity contribution in [1.29, 1.82) is 0 Å². The molecule has 0 saturated heterocycles. The van der Waals surface area contributed by atoms with Gasteiger partial charge in [0, 0.05) is 19.2 Å². The molecule has 0 aromatic carbocycles. The minimum Gasteiger partial charge on any atom is -0.481 e. The molecule has 0 aliphatic heterocycles. The average molecular weight is 264 g/mol. The van der Waals surface area contributed by atoms with Crippen LogP contribution in [0, 0.1) is 5.92 Å². The van der Waals surface area contributed by atoms with Gasteiger partial charge >= 0.3 is 6.03 Å². The van der Waals surface area contributed by atoms with E-state index in [1.807, 2.05) is 4.90 Å². The number of ether oxygens (including phenoxy) is 1. The summed E-state index contributed by atoms with van der Waals surface area (Å²) in [6.45, 7) is 3.67. The number of hydrogen-bond acceptors (Lipinski definition) is 4. The van der Waals surface area contributed by atoms with E-state index < -0.39 is 0 Å². The first-order valence-corrected chi connectivity index (χ1v) is 6.65. The number of methoxy groups -OCH3 is 1. The summed E-state index contributed by atoms with van der Waals surface area (Å²) in [6.07, 6.45) is 4.79. The molecule has 1 aromatic rings. The highest BCUT2D eigenvalue weighted by Gasteiger charge is 2.26. The third-order valence-electron chi connectivity index (χ3n) is 3.04. The van der Waals surface area contributed by atoms with E-state index >= 15 is 0 Å². The lowest BCUT2D eigenvalue weighted by molar-refractivity contribution is 0.209. The number of aromatic nitrogens is 2. The first-order valence-electron chi connectivity index (χ1n) is 6.65. The van der Waals surface area contributed by atoms with E-state index in [2.05, 4.69) is 22.2 Å². The van der Waals surface area contributed by atoms with E-state index in [0.29, 0.717) is 17.6 Å². The van der Waals surface area contributed by atoms with E-state index in [-0.39, 0.29) is 6.03 Å². The van der Waals surface area contributed by atoms with Gasteiger partial charge in [-0.15, -0.1) is 0 Å². The Morgan fingerprint density at radius 2 is 2.32 bits per heavy atom. The number of carbonyl (C=O) groups excluding carboxylic acids is 1. The molecule has 2 amide bonds. The zero-order valence-corrected chi connectivity index (χ0v) is 11.4. The van der Waals surface area contributed by atoms with Crippen LogP contribution in [0.2, 0.25) is 0 Å². The lowest BCUT2D eigenvalue weighted by Gasteiger charge is -2.22. The Balaban J connectivity index is 1.96. The van der Waals surface area contributed by atoms with Crippen molar-refractivity contribution in [2.24, 2.45) is 5.92 Å². The molecule has 0 atom stereocenters. The summed E-state index contributed by atoms with van der Waals surface area (Å²) in [7, 11) is 1.53. The molecule has 6 nitrogen and oxygen atoms in total. The number of amides is 2. The molecule has 2 rings (SSSR count). The molecular weight excluding hydrogens is 244 g/mol. The number of urea groups is 1. The number of hydrogen-bond donors (Lipinski definition) is 1. The fourth-order valence-corrected chi connectivity index (χ4v) is 1.87. The minimum absolute atomic E-state index is 0.102. The van der Waals surface area contributed by atoms with E-state index in [0.717, 1.165) is 19.5 Å². The number of nitrogens with one attached hydrogen (secondary N) is 1. The molecule has 1 aromatic heterocycles. The van der Waals surface area contributed by atoms with E-state index in [1.54, 1.807) is 6.07 Å². The van der Waals surface area contributed by atoms with Crippen molar-refractivity contribution in [2.75, 3.05) is 25.5 Å². The van der Waals surface area contributed by atoms with Gasteiger partial charge in [-0.1, -0.05) is 6.92 Å². The van der Waals surface area contributed by atoms with Gasteiger partial charge in [0.15, 0.2) is 0 Å². The van der Waals surface area contributed by atoms with Gasteiger partial charge in [0.2, 0.25) is 5.88 Å². The third kappa shape index (κ3) is 4.08. The maximum absolute atomic E-state index is 12.2. The number of nitrogens with zero attached hydrogens (tertiary/aromatic N) is 3. The van der Waals surface area contributed by atoms with Crippen molar-refractivity contribution in [3.8, 4) is 5.88 Å². The summed E-state index contributed by atoms with van der Waals surface area (Å²) in [5, 5.41) is 2.79. The number of anilines is 1. The maximum atomic E-state index is 12.2. The van der Waals surface area contributed by atoms with Crippen LogP contribution in [-0.4, -0.2) is 41.1 Å². The Labute approximate surface area is 113 Å². The second-order valence-electron chi connectivity index (χ2n) is 4.77. The molecule has 1 N–H and O–H groups in total. The zero-order valence-electron chi connectivity index (χ0n) is 11.4. The van der Waals surface area contributed by atoms with Crippen molar-refractivity contribution >= 4 is 11.8 Å². The normalized spacial score (nSPS) is 14.0. The molecule has 1 heterocycles. The highest BCUT2D eigenvalue weighted by atomic mass is 16.5. The summed E-state index contributed by atoms with van der Waals surface area (Å²) in [5.74, 6) is 1.58. The smallest absolute Gasteiger partial charge is 0.323 e. The Morgan fingerprint density at radius 1 is 1.53 bits per heavy atom. The maximum Gasteiger partial charge on any atom is 0.323 e. The molecule has 1 aliphatic rings. The molecule has 6 heteroatoms. The molecular formula is C13H20N4O2. The fourth-order valence-electron chi connectivity index (χ4n) is 1.87. The van der Waals surface area contributed by atoms with Gasteiger partial charge in [-0.3, -0.25) is 5.32 Å². The predicted octanol–water partition coefficient (Wildman–Crippen LogP) is 2.14. The van der Waals surface area contributed by atoms with E-state index in [1.165, 1.54) is 26.3 Å². The van der Waals surface area contributed by atoms with Crippen LogP contribution in [-0.2, 0) is 0 Å². The standard InChI is InChI=1S/C13H20N4O2/c1-3-6-17(8-10-4-5-10)13(18)16-11-7-12(19-2)15-9-14-11/h7,9-10H,3-6,8H2,1-2H3,(H,14,15,16,18). The average Bonchev–Trinajstić information content (AvgIpc) is 3.22. The number of rotatable bonds is 6. The summed E-state index contributed by atoms with van der Waals surface area (Å²) in [4.78, 5) is 22.0. The van der Waals surface area contributed by atoms with Crippen molar-refractivity contribution in [1.82, 2.24) is 14.9 Å². The van der Waals surface area contributed by atoms with Gasteiger partial charge < -0.3 is 9.64 Å². The van der Waals surface area contributed by atoms with Crippen LogP contribution in [0.5, 0.6) is 5.88 Å². The Bertz CT molecular complexity index is 434. The van der Waals surface area contributed by atoms with Gasteiger partial charge in [-0.2, -0.15) is 0 Å². The predicted molar refractivity (Wildman–Crippen MR) is 72.2 cm³/mol. The first kappa shape index (κ1) is 13.6. The molecule has 0 unspecified atom stereocenters. The highest BCUT2D eigenvalue weighted by Crippen LogP contribution is 2.29. The third-order valence-corrected chi connectivity index (χ3v) is 3.04. The summed E-state index contributed by atoms with van der Waals surface area (Å²) >= 11 is 0. The minimum atomic E-state index is -0.102. The summed E-state index contributed by atoms with van der Waals surface area (Å²) < 4.78 is 5.00. The van der Waals surface area contributed by atoms with Crippen molar-refractivity contribution < 1.29 is 9.53 Å². The molecule has 1 aliphatic carbocycles. The molecule has 0 radical (unpaired) electrons. The van der Waals surface area contributed by atoms with E-state index in [9.17, 15) is 4.79 Å². The lowest BCUT2D eigenvalue weighted by Crippen LogP contribution is -2.37. The quantitative estimate of drug-likeness (QED) is 0.854. The van der Waals surface area contributed by atoms with Gasteiger partial charge in [-0.05, 0) is 25.2 Å². The molecule has 0 spiro atoms. The summed E-state index contributed by atoms with van der Waals surface area (Å²) in [5.41, 5.74) is 0. The fraction of sp³-hybridized carbons (Fsp3) is 0.615. The first-order chi connectivity index (χ1) is 9.22. The molecule has 104 valence electrons. The molecule has 0 bridgehead atoms. The van der Waals surface area contributed by atoms with Crippen molar-refractivity contribution in [3.63, 3.8) is 0 Å². The summed E-state index contributed by atoms with van der Waals surface area (Å²) in [6, 6.07) is 1.51. The van der Waals surface area contributed by atoms with Crippen molar-refractivity contribution in [3.05, 3.63) is 12.4 Å². The zero-order chi connectivity index (χ0) is 13.7. The largest absolute Gasteiger partial charge is 0.481 e.